The number of hydrogen-bond acceptors (Lipinski definition) is 6. The van der Waals surface area contributed by atoms with Crippen molar-refractivity contribution in [2.45, 2.75) is 6.10 Å². The lowest BCUT2D eigenvalue weighted by atomic mass is 10.1. The monoisotopic (exact) mass is 306 g/mol. The minimum absolute atomic E-state index is 0.0648. The number of hydrogen-bond donors (Lipinski definition) is 2. The van der Waals surface area contributed by atoms with Crippen LogP contribution in [0, 0.1) is 0 Å². The lowest BCUT2D eigenvalue weighted by Crippen LogP contribution is -2.42. The fourth-order valence-corrected chi connectivity index (χ4v) is 2.63. The second kappa shape index (κ2) is 6.43. The van der Waals surface area contributed by atoms with Gasteiger partial charge in [-0.1, -0.05) is 6.07 Å². The number of nitrogens with zero attached hydrogens (tertiary/aromatic N) is 1. The number of fused-ring (bicyclic) bond motifs is 1. The van der Waals surface area contributed by atoms with Crippen molar-refractivity contribution in [3.8, 4) is 5.75 Å². The van der Waals surface area contributed by atoms with E-state index in [9.17, 15) is 14.7 Å². The molecule has 1 atom stereocenters. The van der Waals surface area contributed by atoms with Gasteiger partial charge in [0.15, 0.2) is 0 Å². The van der Waals surface area contributed by atoms with Crippen LogP contribution in [0.25, 0.3) is 0 Å². The van der Waals surface area contributed by atoms with Crippen molar-refractivity contribution in [1.82, 2.24) is 10.2 Å². The molecule has 7 nitrogen and oxygen atoms in total. The molecule has 1 fully saturated rings. The van der Waals surface area contributed by atoms with Crippen molar-refractivity contribution in [3.63, 3.8) is 0 Å². The maximum Gasteiger partial charge on any atom is 0.262 e. The third-order valence-electron chi connectivity index (χ3n) is 3.73. The molecule has 1 unspecified atom stereocenters. The minimum Gasteiger partial charge on any atom is -0.490 e. The van der Waals surface area contributed by atoms with Crippen LogP contribution >= 0.6 is 0 Å². The molecule has 0 spiro atoms. The first-order valence-electron chi connectivity index (χ1n) is 7.25. The molecular weight excluding hydrogens is 288 g/mol. The summed E-state index contributed by atoms with van der Waals surface area (Å²) < 4.78 is 10.8. The van der Waals surface area contributed by atoms with Gasteiger partial charge in [-0.05, 0) is 12.1 Å². The molecular formula is C15H18N2O5. The van der Waals surface area contributed by atoms with E-state index in [4.69, 9.17) is 9.47 Å². The van der Waals surface area contributed by atoms with Crippen molar-refractivity contribution >= 4 is 11.8 Å². The van der Waals surface area contributed by atoms with E-state index in [1.165, 1.54) is 0 Å². The summed E-state index contributed by atoms with van der Waals surface area (Å²) in [4.78, 5) is 25.4. The molecule has 7 heteroatoms. The molecule has 2 aliphatic heterocycles. The molecule has 1 aromatic carbocycles. The van der Waals surface area contributed by atoms with Crippen molar-refractivity contribution in [2.75, 3.05) is 39.5 Å². The average Bonchev–Trinajstić information content (AvgIpc) is 2.82. The number of rotatable bonds is 5. The molecule has 2 heterocycles. The molecule has 0 saturated carbocycles. The predicted molar refractivity (Wildman–Crippen MR) is 77.0 cm³/mol. The first-order valence-corrected chi connectivity index (χ1v) is 7.25. The van der Waals surface area contributed by atoms with E-state index in [1.807, 2.05) is 0 Å². The zero-order chi connectivity index (χ0) is 15.5. The first-order chi connectivity index (χ1) is 10.6. The van der Waals surface area contributed by atoms with Crippen LogP contribution in [0.1, 0.15) is 20.7 Å². The van der Waals surface area contributed by atoms with Crippen LogP contribution in [0.3, 0.4) is 0 Å². The van der Waals surface area contributed by atoms with Gasteiger partial charge in [0.25, 0.3) is 11.8 Å². The molecule has 0 aromatic heterocycles. The van der Waals surface area contributed by atoms with E-state index < -0.39 is 17.9 Å². The van der Waals surface area contributed by atoms with Gasteiger partial charge in [0.05, 0.1) is 24.3 Å². The summed E-state index contributed by atoms with van der Waals surface area (Å²) in [6.45, 7) is 3.46. The number of carbonyl (C=O) groups is 2. The summed E-state index contributed by atoms with van der Waals surface area (Å²) in [6, 6.07) is 4.85. The summed E-state index contributed by atoms with van der Waals surface area (Å²) in [5, 5.41) is 12.3. The number of ether oxygens (including phenoxy) is 2. The van der Waals surface area contributed by atoms with Crippen molar-refractivity contribution < 1.29 is 24.2 Å². The van der Waals surface area contributed by atoms with Crippen LogP contribution in [0.5, 0.6) is 5.75 Å². The summed E-state index contributed by atoms with van der Waals surface area (Å²) >= 11 is 0. The van der Waals surface area contributed by atoms with Crippen molar-refractivity contribution in [3.05, 3.63) is 29.3 Å². The van der Waals surface area contributed by atoms with E-state index in [0.717, 1.165) is 13.1 Å². The molecule has 3 rings (SSSR count). The number of aliphatic hydroxyl groups is 1. The van der Waals surface area contributed by atoms with E-state index >= 15 is 0 Å². The first kappa shape index (κ1) is 15.0. The fourth-order valence-electron chi connectivity index (χ4n) is 2.63. The fraction of sp³-hybridized carbons (Fsp3) is 0.467. The standard InChI is InChI=1S/C15H18N2O5/c18-10(8-17-4-6-21-7-5-17)9-22-12-3-1-2-11-13(12)15(20)16-14(11)19/h1-3,10,18H,4-9H2,(H,16,19,20). The summed E-state index contributed by atoms with van der Waals surface area (Å²) in [5.74, 6) is -0.556. The number of morpholine rings is 1. The van der Waals surface area contributed by atoms with Gasteiger partial charge in [-0.3, -0.25) is 19.8 Å². The molecule has 2 amide bonds. The molecule has 22 heavy (non-hydrogen) atoms. The molecule has 118 valence electrons. The smallest absolute Gasteiger partial charge is 0.262 e. The Morgan fingerprint density at radius 3 is 2.82 bits per heavy atom. The number of amides is 2. The highest BCUT2D eigenvalue weighted by Crippen LogP contribution is 2.26. The Kier molecular flexibility index (Phi) is 4.37. The van der Waals surface area contributed by atoms with Crippen LogP contribution in [-0.2, 0) is 4.74 Å². The maximum absolute atomic E-state index is 11.8. The molecule has 2 aliphatic rings. The normalized spacial score (nSPS) is 19.7. The zero-order valence-corrected chi connectivity index (χ0v) is 12.1. The Morgan fingerprint density at radius 2 is 2.05 bits per heavy atom. The quantitative estimate of drug-likeness (QED) is 0.723. The van der Waals surface area contributed by atoms with Gasteiger partial charge in [0, 0.05) is 19.6 Å². The zero-order valence-electron chi connectivity index (χ0n) is 12.1. The summed E-state index contributed by atoms with van der Waals surface area (Å²) in [5.41, 5.74) is 0.552. The molecule has 0 aliphatic carbocycles. The Hall–Kier alpha value is -1.96. The highest BCUT2D eigenvalue weighted by atomic mass is 16.5. The van der Waals surface area contributed by atoms with Crippen LogP contribution in [0.4, 0.5) is 0 Å². The third kappa shape index (κ3) is 3.11. The highest BCUT2D eigenvalue weighted by molar-refractivity contribution is 6.22. The summed E-state index contributed by atoms with van der Waals surface area (Å²) in [7, 11) is 0. The van der Waals surface area contributed by atoms with Gasteiger partial charge in [0.2, 0.25) is 0 Å². The highest BCUT2D eigenvalue weighted by Gasteiger charge is 2.30. The number of benzene rings is 1. The van der Waals surface area contributed by atoms with Gasteiger partial charge in [-0.2, -0.15) is 0 Å². The average molecular weight is 306 g/mol. The van der Waals surface area contributed by atoms with Crippen LogP contribution in [0.2, 0.25) is 0 Å². The van der Waals surface area contributed by atoms with Crippen LogP contribution < -0.4 is 10.1 Å². The van der Waals surface area contributed by atoms with Crippen molar-refractivity contribution in [2.24, 2.45) is 0 Å². The number of carbonyl (C=O) groups excluding carboxylic acids is 2. The maximum atomic E-state index is 11.8. The number of imide groups is 1. The van der Waals surface area contributed by atoms with Gasteiger partial charge < -0.3 is 14.6 Å². The molecule has 1 saturated heterocycles. The molecule has 0 radical (unpaired) electrons. The van der Waals surface area contributed by atoms with Crippen LogP contribution in [-0.4, -0.2) is 67.4 Å². The number of β-amino-alcohol motifs (C(OH)–C–C–N with tert-alkyl or cyclic N) is 1. The Bertz CT molecular complexity index is 583. The van der Waals surface area contributed by atoms with Gasteiger partial charge in [-0.15, -0.1) is 0 Å². The lowest BCUT2D eigenvalue weighted by molar-refractivity contribution is 0.00457. The summed E-state index contributed by atoms with van der Waals surface area (Å²) in [6.07, 6.45) is -0.672. The topological polar surface area (TPSA) is 88.1 Å². The SMILES string of the molecule is O=C1NC(=O)c2c(OCC(O)CN3CCOCC3)cccc21. The largest absolute Gasteiger partial charge is 0.490 e. The van der Waals surface area contributed by atoms with E-state index in [2.05, 4.69) is 10.2 Å². The Balaban J connectivity index is 1.60. The third-order valence-corrected chi connectivity index (χ3v) is 3.73. The second-order valence-corrected chi connectivity index (χ2v) is 5.34. The number of nitrogens with one attached hydrogen (secondary N) is 1. The van der Waals surface area contributed by atoms with E-state index in [1.54, 1.807) is 18.2 Å². The molecule has 0 bridgehead atoms. The lowest BCUT2D eigenvalue weighted by Gasteiger charge is -2.28. The van der Waals surface area contributed by atoms with E-state index in [-0.39, 0.29) is 12.2 Å². The predicted octanol–water partition coefficient (Wildman–Crippen LogP) is -0.358. The molecule has 1 aromatic rings. The number of aliphatic hydroxyl groups excluding tert-OH is 1. The van der Waals surface area contributed by atoms with E-state index in [0.29, 0.717) is 31.1 Å². The minimum atomic E-state index is -0.672. The van der Waals surface area contributed by atoms with Gasteiger partial charge in [-0.25, -0.2) is 0 Å². The van der Waals surface area contributed by atoms with Crippen molar-refractivity contribution in [1.29, 1.82) is 0 Å². The van der Waals surface area contributed by atoms with Gasteiger partial charge >= 0.3 is 0 Å². The Labute approximate surface area is 127 Å². The Morgan fingerprint density at radius 1 is 1.27 bits per heavy atom. The van der Waals surface area contributed by atoms with Gasteiger partial charge in [0.1, 0.15) is 18.5 Å². The second-order valence-electron chi connectivity index (χ2n) is 5.34. The van der Waals surface area contributed by atoms with Crippen LogP contribution in [0.15, 0.2) is 18.2 Å². The molecule has 2 N–H and O–H groups in total.